The highest BCUT2D eigenvalue weighted by Crippen LogP contribution is 2.36. The van der Waals surface area contributed by atoms with Crippen molar-refractivity contribution in [3.05, 3.63) is 46.3 Å². The normalized spacial score (nSPS) is 18.5. The Morgan fingerprint density at radius 1 is 1.00 bits per heavy atom. The van der Waals surface area contributed by atoms with Crippen molar-refractivity contribution in [1.82, 2.24) is 19.2 Å². The van der Waals surface area contributed by atoms with E-state index in [1.54, 1.807) is 17.4 Å². The van der Waals surface area contributed by atoms with Crippen LogP contribution in [-0.2, 0) is 16.6 Å². The summed E-state index contributed by atoms with van der Waals surface area (Å²) in [7, 11) is -3.87. The van der Waals surface area contributed by atoms with Gasteiger partial charge in [0.05, 0.1) is 11.9 Å². The third kappa shape index (κ3) is 4.25. The van der Waals surface area contributed by atoms with Gasteiger partial charge in [0.1, 0.15) is 27.2 Å². The number of sulfonamides is 1. The number of thiophene rings is 1. The molecular weight excluding hydrogens is 461 g/mol. The Morgan fingerprint density at radius 3 is 2.39 bits per heavy atom. The van der Waals surface area contributed by atoms with E-state index in [1.807, 2.05) is 0 Å². The Balaban J connectivity index is 1.42. The van der Waals surface area contributed by atoms with Gasteiger partial charge in [0.2, 0.25) is 10.0 Å². The quantitative estimate of drug-likeness (QED) is 0.546. The van der Waals surface area contributed by atoms with Gasteiger partial charge in [0, 0.05) is 31.1 Å². The first-order valence-electron chi connectivity index (χ1n) is 11.3. The van der Waals surface area contributed by atoms with E-state index in [-0.39, 0.29) is 18.0 Å². The fraction of sp³-hybridized carbons (Fsp3) is 0.478. The SMILES string of the molecule is Cc1sc2nc(CN3CCCC3)nc(N3CCN(S(=O)(=O)c4ccccc4F)CC3)c2c1C. The molecule has 5 rings (SSSR count). The summed E-state index contributed by atoms with van der Waals surface area (Å²) >= 11 is 1.69. The molecule has 0 atom stereocenters. The summed E-state index contributed by atoms with van der Waals surface area (Å²) in [6.07, 6.45) is 2.43. The van der Waals surface area contributed by atoms with Gasteiger partial charge >= 0.3 is 0 Å². The van der Waals surface area contributed by atoms with Crippen LogP contribution >= 0.6 is 11.3 Å². The zero-order valence-corrected chi connectivity index (χ0v) is 20.6. The molecule has 0 bridgehead atoms. The predicted molar refractivity (Wildman–Crippen MR) is 129 cm³/mol. The molecule has 3 aromatic rings. The van der Waals surface area contributed by atoms with Gasteiger partial charge in [0.15, 0.2) is 0 Å². The largest absolute Gasteiger partial charge is 0.353 e. The molecule has 0 amide bonds. The topological polar surface area (TPSA) is 69.6 Å². The second-order valence-corrected chi connectivity index (χ2v) is 11.8. The standard InChI is InChI=1S/C23H28FN5O2S2/c1-16-17(2)32-23-21(16)22(25-20(26-23)15-27-9-5-6-10-27)28-11-13-29(14-12-28)33(30,31)19-8-4-3-7-18(19)24/h3-4,7-8H,5-6,9-15H2,1-2H3. The molecule has 2 aliphatic heterocycles. The minimum absolute atomic E-state index is 0.264. The molecule has 33 heavy (non-hydrogen) atoms. The highest BCUT2D eigenvalue weighted by Gasteiger charge is 2.32. The maximum atomic E-state index is 14.2. The summed E-state index contributed by atoms with van der Waals surface area (Å²) in [6.45, 7) is 8.65. The second kappa shape index (κ2) is 8.90. The third-order valence-electron chi connectivity index (χ3n) is 6.61. The van der Waals surface area contributed by atoms with E-state index >= 15 is 0 Å². The molecule has 2 aromatic heterocycles. The minimum Gasteiger partial charge on any atom is -0.353 e. The lowest BCUT2D eigenvalue weighted by Gasteiger charge is -2.35. The van der Waals surface area contributed by atoms with E-state index in [0.717, 1.165) is 41.5 Å². The molecule has 0 radical (unpaired) electrons. The fourth-order valence-corrected chi connectivity index (χ4v) is 7.17. The van der Waals surface area contributed by atoms with Crippen LogP contribution < -0.4 is 4.90 Å². The van der Waals surface area contributed by atoms with Crippen molar-refractivity contribution in [2.75, 3.05) is 44.2 Å². The number of aryl methyl sites for hydroxylation is 2. The zero-order chi connectivity index (χ0) is 23.2. The highest BCUT2D eigenvalue weighted by atomic mass is 32.2. The molecule has 0 N–H and O–H groups in total. The van der Waals surface area contributed by atoms with Crippen molar-refractivity contribution in [1.29, 1.82) is 0 Å². The molecule has 0 aliphatic carbocycles. The minimum atomic E-state index is -3.87. The number of halogens is 1. The van der Waals surface area contributed by atoms with Gasteiger partial charge in [-0.3, -0.25) is 4.90 Å². The molecular formula is C23H28FN5O2S2. The molecule has 2 fully saturated rings. The summed E-state index contributed by atoms with van der Waals surface area (Å²) < 4.78 is 41.6. The van der Waals surface area contributed by atoms with Gasteiger partial charge in [-0.15, -0.1) is 11.3 Å². The van der Waals surface area contributed by atoms with E-state index in [1.165, 1.54) is 45.8 Å². The molecule has 176 valence electrons. The molecule has 2 aliphatic rings. The Bertz CT molecular complexity index is 1280. The first-order chi connectivity index (χ1) is 15.8. The van der Waals surface area contributed by atoms with Crippen molar-refractivity contribution in [3.63, 3.8) is 0 Å². The summed E-state index contributed by atoms with van der Waals surface area (Å²) in [5, 5.41) is 1.06. The van der Waals surface area contributed by atoms with E-state index in [9.17, 15) is 12.8 Å². The van der Waals surface area contributed by atoms with Gasteiger partial charge in [-0.2, -0.15) is 4.31 Å². The highest BCUT2D eigenvalue weighted by molar-refractivity contribution is 7.89. The fourth-order valence-electron chi connectivity index (χ4n) is 4.65. The number of anilines is 1. The third-order valence-corrected chi connectivity index (χ3v) is 9.65. The molecule has 0 spiro atoms. The molecule has 2 saturated heterocycles. The first-order valence-corrected chi connectivity index (χ1v) is 13.6. The first kappa shape index (κ1) is 22.6. The van der Waals surface area contributed by atoms with Gasteiger partial charge in [0.25, 0.3) is 0 Å². The molecule has 1 aromatic carbocycles. The van der Waals surface area contributed by atoms with Gasteiger partial charge in [-0.1, -0.05) is 12.1 Å². The predicted octanol–water partition coefficient (Wildman–Crippen LogP) is 3.55. The van der Waals surface area contributed by atoms with Crippen molar-refractivity contribution < 1.29 is 12.8 Å². The van der Waals surface area contributed by atoms with Crippen LogP contribution in [0.1, 0.15) is 29.1 Å². The average molecular weight is 490 g/mol. The van der Waals surface area contributed by atoms with Crippen molar-refractivity contribution in [2.24, 2.45) is 0 Å². The van der Waals surface area contributed by atoms with Crippen LogP contribution in [0, 0.1) is 19.7 Å². The van der Waals surface area contributed by atoms with Crippen molar-refractivity contribution in [2.45, 2.75) is 38.1 Å². The maximum absolute atomic E-state index is 14.2. The van der Waals surface area contributed by atoms with Crippen molar-refractivity contribution in [3.8, 4) is 0 Å². The molecule has 0 saturated carbocycles. The Hall–Kier alpha value is -2.14. The van der Waals surface area contributed by atoms with Gasteiger partial charge in [-0.25, -0.2) is 22.8 Å². The van der Waals surface area contributed by atoms with Crippen LogP contribution in [0.15, 0.2) is 29.2 Å². The Morgan fingerprint density at radius 2 is 1.70 bits per heavy atom. The lowest BCUT2D eigenvalue weighted by molar-refractivity contribution is 0.322. The number of hydrogen-bond donors (Lipinski definition) is 0. The van der Waals surface area contributed by atoms with Crippen LogP contribution in [-0.4, -0.2) is 66.9 Å². The zero-order valence-electron chi connectivity index (χ0n) is 18.9. The lowest BCUT2D eigenvalue weighted by Crippen LogP contribution is -2.49. The monoisotopic (exact) mass is 489 g/mol. The number of piperazine rings is 1. The number of nitrogens with zero attached hydrogens (tertiary/aromatic N) is 5. The summed E-state index contributed by atoms with van der Waals surface area (Å²) in [5.74, 6) is 0.995. The van der Waals surface area contributed by atoms with E-state index in [4.69, 9.17) is 9.97 Å². The van der Waals surface area contributed by atoms with Gasteiger partial charge < -0.3 is 4.90 Å². The number of likely N-dealkylation sites (tertiary alicyclic amines) is 1. The Labute approximate surface area is 197 Å². The molecule has 10 heteroatoms. The molecule has 0 unspecified atom stereocenters. The maximum Gasteiger partial charge on any atom is 0.246 e. The van der Waals surface area contributed by atoms with E-state index < -0.39 is 15.8 Å². The van der Waals surface area contributed by atoms with Crippen LogP contribution in [0.5, 0.6) is 0 Å². The van der Waals surface area contributed by atoms with Crippen LogP contribution in [0.3, 0.4) is 0 Å². The summed E-state index contributed by atoms with van der Waals surface area (Å²) in [4.78, 5) is 16.3. The number of rotatable bonds is 5. The van der Waals surface area contributed by atoms with Crippen molar-refractivity contribution >= 4 is 37.4 Å². The summed E-state index contributed by atoms with van der Waals surface area (Å²) in [6, 6.07) is 5.56. The van der Waals surface area contributed by atoms with E-state index in [2.05, 4.69) is 23.6 Å². The van der Waals surface area contributed by atoms with Gasteiger partial charge in [-0.05, 0) is 57.5 Å². The second-order valence-electron chi connectivity index (χ2n) is 8.73. The number of aromatic nitrogens is 2. The van der Waals surface area contributed by atoms with Crippen LogP contribution in [0.2, 0.25) is 0 Å². The van der Waals surface area contributed by atoms with Crippen LogP contribution in [0.4, 0.5) is 10.2 Å². The smallest absolute Gasteiger partial charge is 0.246 e. The number of hydrogen-bond acceptors (Lipinski definition) is 7. The number of benzene rings is 1. The van der Waals surface area contributed by atoms with E-state index in [0.29, 0.717) is 13.1 Å². The lowest BCUT2D eigenvalue weighted by atomic mass is 10.2. The Kier molecular flexibility index (Phi) is 6.11. The number of fused-ring (bicyclic) bond motifs is 1. The molecule has 4 heterocycles. The molecule has 7 nitrogen and oxygen atoms in total. The van der Waals surface area contributed by atoms with Crippen LogP contribution in [0.25, 0.3) is 10.2 Å². The average Bonchev–Trinajstić information content (AvgIpc) is 3.41. The summed E-state index contributed by atoms with van der Waals surface area (Å²) in [5.41, 5.74) is 1.18.